The summed E-state index contributed by atoms with van der Waals surface area (Å²) in [7, 11) is 0. The third-order valence-corrected chi connectivity index (χ3v) is 5.19. The molecule has 1 amide bonds. The van der Waals surface area contributed by atoms with Crippen LogP contribution in [0.4, 0.5) is 0 Å². The van der Waals surface area contributed by atoms with E-state index in [-0.39, 0.29) is 17.7 Å². The van der Waals surface area contributed by atoms with Gasteiger partial charge in [0.25, 0.3) is 5.91 Å². The fourth-order valence-corrected chi connectivity index (χ4v) is 3.74. The third-order valence-electron chi connectivity index (χ3n) is 4.33. The van der Waals surface area contributed by atoms with Gasteiger partial charge in [0.1, 0.15) is 5.75 Å². The van der Waals surface area contributed by atoms with Crippen LogP contribution in [0.1, 0.15) is 32.6 Å². The van der Waals surface area contributed by atoms with Gasteiger partial charge >= 0.3 is 5.97 Å². The molecule has 1 aromatic rings. The highest BCUT2D eigenvalue weighted by atomic mass is 79.9. The molecule has 0 spiro atoms. The lowest BCUT2D eigenvalue weighted by molar-refractivity contribution is -0.145. The van der Waals surface area contributed by atoms with Crippen LogP contribution in [0.3, 0.4) is 0 Å². The van der Waals surface area contributed by atoms with Crippen molar-refractivity contribution < 1.29 is 19.4 Å². The van der Waals surface area contributed by atoms with E-state index in [9.17, 15) is 14.7 Å². The molecule has 132 valence electrons. The monoisotopic (exact) mass is 417 g/mol. The van der Waals surface area contributed by atoms with Crippen LogP contribution in [0.25, 0.3) is 0 Å². The Hall–Kier alpha value is -1.27. The molecular formula is C17H21BrClNO4. The van der Waals surface area contributed by atoms with Crippen molar-refractivity contribution in [2.75, 3.05) is 6.54 Å². The van der Waals surface area contributed by atoms with Crippen molar-refractivity contribution in [3.8, 4) is 5.75 Å². The molecule has 3 atom stereocenters. The average Bonchev–Trinajstić information content (AvgIpc) is 2.55. The highest BCUT2D eigenvalue weighted by Crippen LogP contribution is 2.30. The Morgan fingerprint density at radius 3 is 2.79 bits per heavy atom. The maximum absolute atomic E-state index is 12.2. The maximum atomic E-state index is 12.2. The van der Waals surface area contributed by atoms with E-state index < -0.39 is 12.1 Å². The molecule has 0 aromatic heterocycles. The van der Waals surface area contributed by atoms with Crippen molar-refractivity contribution >= 4 is 39.4 Å². The Bertz CT molecular complexity index is 610. The summed E-state index contributed by atoms with van der Waals surface area (Å²) in [6, 6.07) is 5.07. The van der Waals surface area contributed by atoms with Crippen molar-refractivity contribution in [1.29, 1.82) is 0 Å². The van der Waals surface area contributed by atoms with E-state index in [1.165, 1.54) is 0 Å². The first-order valence-corrected chi connectivity index (χ1v) is 9.17. The number of halogens is 2. The lowest BCUT2D eigenvalue weighted by Gasteiger charge is -2.29. The molecule has 0 aliphatic heterocycles. The average molecular weight is 419 g/mol. The summed E-state index contributed by atoms with van der Waals surface area (Å²) in [5, 5.41) is 12.7. The maximum Gasteiger partial charge on any atom is 0.306 e. The van der Waals surface area contributed by atoms with E-state index in [0.29, 0.717) is 28.2 Å². The molecule has 1 aliphatic rings. The van der Waals surface area contributed by atoms with Crippen LogP contribution < -0.4 is 10.1 Å². The second-order valence-electron chi connectivity index (χ2n) is 6.07. The lowest BCUT2D eigenvalue weighted by Crippen LogP contribution is -2.42. The number of carbonyl (C=O) groups is 2. The van der Waals surface area contributed by atoms with Crippen molar-refractivity contribution in [1.82, 2.24) is 5.32 Å². The van der Waals surface area contributed by atoms with Gasteiger partial charge in [-0.15, -0.1) is 0 Å². The van der Waals surface area contributed by atoms with Crippen LogP contribution in [0.15, 0.2) is 22.7 Å². The first kappa shape index (κ1) is 19.1. The summed E-state index contributed by atoms with van der Waals surface area (Å²) >= 11 is 9.22. The molecule has 24 heavy (non-hydrogen) atoms. The van der Waals surface area contributed by atoms with Gasteiger partial charge in [-0.1, -0.05) is 24.4 Å². The van der Waals surface area contributed by atoms with E-state index in [1.54, 1.807) is 25.1 Å². The topological polar surface area (TPSA) is 75.6 Å². The number of rotatable bonds is 6. The Labute approximate surface area is 154 Å². The molecule has 1 aromatic carbocycles. The number of ether oxygens (including phenoxy) is 1. The van der Waals surface area contributed by atoms with Crippen LogP contribution >= 0.6 is 27.5 Å². The third kappa shape index (κ3) is 5.11. The Balaban J connectivity index is 1.88. The molecule has 1 fully saturated rings. The summed E-state index contributed by atoms with van der Waals surface area (Å²) in [6.45, 7) is 2.03. The standard InChI is InChI=1S/C17H21BrClNO4/c1-10(24-15-7-6-12(19)8-14(15)18)16(21)20-9-11-4-2-3-5-13(11)17(22)23/h6-8,10-11,13H,2-5,9H2,1H3,(H,20,21)(H,22,23)/t10?,11-,13-/m0/s1. The minimum Gasteiger partial charge on any atom is -0.481 e. The number of carbonyl (C=O) groups excluding carboxylic acids is 1. The Kier molecular flexibility index (Phi) is 6.92. The Morgan fingerprint density at radius 1 is 1.42 bits per heavy atom. The molecule has 1 aliphatic carbocycles. The van der Waals surface area contributed by atoms with Gasteiger partial charge in [0.15, 0.2) is 6.10 Å². The van der Waals surface area contributed by atoms with Crippen LogP contribution in [-0.4, -0.2) is 29.6 Å². The second kappa shape index (κ2) is 8.72. The van der Waals surface area contributed by atoms with Crippen molar-refractivity contribution in [2.24, 2.45) is 11.8 Å². The zero-order chi connectivity index (χ0) is 17.7. The number of carboxylic acid groups (broad SMARTS) is 1. The quantitative estimate of drug-likeness (QED) is 0.735. The number of carboxylic acids is 1. The van der Waals surface area contributed by atoms with Crippen LogP contribution in [0.5, 0.6) is 5.75 Å². The number of benzene rings is 1. The number of aliphatic carboxylic acids is 1. The summed E-state index contributed by atoms with van der Waals surface area (Å²) in [5.41, 5.74) is 0. The fourth-order valence-electron chi connectivity index (χ4n) is 2.97. The molecular weight excluding hydrogens is 398 g/mol. The summed E-state index contributed by atoms with van der Waals surface area (Å²) in [5.74, 6) is -0.895. The molecule has 2 N–H and O–H groups in total. The van der Waals surface area contributed by atoms with Gasteiger partial charge in [-0.3, -0.25) is 9.59 Å². The van der Waals surface area contributed by atoms with Gasteiger partial charge in [0.2, 0.25) is 0 Å². The van der Waals surface area contributed by atoms with Gasteiger partial charge in [-0.05, 0) is 59.8 Å². The number of hydrogen-bond donors (Lipinski definition) is 2. The zero-order valence-corrected chi connectivity index (χ0v) is 15.8. The second-order valence-corrected chi connectivity index (χ2v) is 7.36. The van der Waals surface area contributed by atoms with Crippen LogP contribution in [-0.2, 0) is 9.59 Å². The molecule has 0 radical (unpaired) electrons. The summed E-state index contributed by atoms with van der Waals surface area (Å²) in [6.07, 6.45) is 2.77. The van der Waals surface area contributed by atoms with Gasteiger partial charge in [0.05, 0.1) is 10.4 Å². The van der Waals surface area contributed by atoms with E-state index >= 15 is 0 Å². The molecule has 2 rings (SSSR count). The fraction of sp³-hybridized carbons (Fsp3) is 0.529. The van der Waals surface area contributed by atoms with Crippen molar-refractivity contribution in [3.05, 3.63) is 27.7 Å². The first-order valence-electron chi connectivity index (χ1n) is 8.00. The number of hydrogen-bond acceptors (Lipinski definition) is 3. The van der Waals surface area contributed by atoms with Gasteiger partial charge in [0, 0.05) is 11.6 Å². The van der Waals surface area contributed by atoms with Gasteiger partial charge in [-0.25, -0.2) is 0 Å². The summed E-state index contributed by atoms with van der Waals surface area (Å²) < 4.78 is 6.32. The minimum absolute atomic E-state index is 0.0188. The largest absolute Gasteiger partial charge is 0.481 e. The molecule has 0 saturated heterocycles. The molecule has 0 heterocycles. The number of nitrogens with one attached hydrogen (secondary N) is 1. The SMILES string of the molecule is CC(Oc1ccc(Cl)cc1Br)C(=O)NC[C@@H]1CCCC[C@@H]1C(=O)O. The normalized spacial score (nSPS) is 21.8. The number of amides is 1. The van der Waals surface area contributed by atoms with Gasteiger partial charge in [-0.2, -0.15) is 0 Å². The molecule has 0 bridgehead atoms. The van der Waals surface area contributed by atoms with Crippen LogP contribution in [0, 0.1) is 11.8 Å². The van der Waals surface area contributed by atoms with E-state index in [0.717, 1.165) is 19.3 Å². The molecule has 7 heteroatoms. The van der Waals surface area contributed by atoms with E-state index in [4.69, 9.17) is 16.3 Å². The van der Waals surface area contributed by atoms with Crippen LogP contribution in [0.2, 0.25) is 5.02 Å². The van der Waals surface area contributed by atoms with Gasteiger partial charge < -0.3 is 15.2 Å². The van der Waals surface area contributed by atoms with Crippen molar-refractivity contribution in [3.63, 3.8) is 0 Å². The van der Waals surface area contributed by atoms with Crippen molar-refractivity contribution in [2.45, 2.75) is 38.7 Å². The lowest BCUT2D eigenvalue weighted by atomic mass is 9.79. The van der Waals surface area contributed by atoms with E-state index in [1.807, 2.05) is 0 Å². The molecule has 1 saturated carbocycles. The zero-order valence-electron chi connectivity index (χ0n) is 13.4. The van der Waals surface area contributed by atoms with E-state index in [2.05, 4.69) is 21.2 Å². The first-order chi connectivity index (χ1) is 11.4. The Morgan fingerprint density at radius 2 is 2.12 bits per heavy atom. The molecule has 5 nitrogen and oxygen atoms in total. The predicted molar refractivity (Wildman–Crippen MR) is 95.3 cm³/mol. The summed E-state index contributed by atoms with van der Waals surface area (Å²) in [4.78, 5) is 23.5. The molecule has 1 unspecified atom stereocenters. The smallest absolute Gasteiger partial charge is 0.306 e. The predicted octanol–water partition coefficient (Wildman–Crippen LogP) is 3.88. The highest BCUT2D eigenvalue weighted by Gasteiger charge is 2.31. The highest BCUT2D eigenvalue weighted by molar-refractivity contribution is 9.10. The minimum atomic E-state index is -0.775.